The summed E-state index contributed by atoms with van der Waals surface area (Å²) >= 11 is 0. The first-order chi connectivity index (χ1) is 16.2. The molecule has 1 aliphatic rings. The lowest BCUT2D eigenvalue weighted by Gasteiger charge is -2.20. The lowest BCUT2D eigenvalue weighted by atomic mass is 10.1. The Bertz CT molecular complexity index is 1060. The van der Waals surface area contributed by atoms with Crippen LogP contribution in [0.1, 0.15) is 23.1 Å². The number of ether oxygens (including phenoxy) is 1. The number of rotatable bonds is 8. The van der Waals surface area contributed by atoms with Crippen molar-refractivity contribution in [3.05, 3.63) is 95.4 Å². The van der Waals surface area contributed by atoms with Crippen LogP contribution in [0.25, 0.3) is 0 Å². The third kappa shape index (κ3) is 6.52. The lowest BCUT2D eigenvalue weighted by molar-refractivity contribution is 0.107. The summed E-state index contributed by atoms with van der Waals surface area (Å²) in [6, 6.07) is 21.8. The number of pyridine rings is 1. The number of halogens is 1. The molecule has 1 atom stereocenters. The molecule has 2 aromatic carbocycles. The van der Waals surface area contributed by atoms with Crippen LogP contribution in [0.3, 0.4) is 0 Å². The summed E-state index contributed by atoms with van der Waals surface area (Å²) in [4.78, 5) is 10.5. The molecule has 0 amide bonds. The molecule has 2 N–H and O–H groups in total. The van der Waals surface area contributed by atoms with E-state index in [2.05, 4.69) is 50.9 Å². The molecule has 0 saturated carbocycles. The Balaban J connectivity index is 1.24. The molecule has 7 heteroatoms. The second-order valence-corrected chi connectivity index (χ2v) is 8.11. The van der Waals surface area contributed by atoms with E-state index in [-0.39, 0.29) is 11.9 Å². The topological polar surface area (TPSA) is 61.8 Å². The summed E-state index contributed by atoms with van der Waals surface area (Å²) in [5.41, 5.74) is 3.46. The third-order valence-electron chi connectivity index (χ3n) is 5.62. The van der Waals surface area contributed by atoms with Crippen molar-refractivity contribution in [2.45, 2.75) is 32.2 Å². The number of anilines is 1. The number of nitrogens with one attached hydrogen (secondary N) is 2. The van der Waals surface area contributed by atoms with Crippen molar-refractivity contribution in [3.63, 3.8) is 0 Å². The summed E-state index contributed by atoms with van der Waals surface area (Å²) in [6.07, 6.45) is 2.52. The number of hydrogen-bond donors (Lipinski definition) is 2. The smallest absolute Gasteiger partial charge is 0.191 e. The van der Waals surface area contributed by atoms with Gasteiger partial charge in [-0.05, 0) is 35.2 Å². The highest BCUT2D eigenvalue weighted by atomic mass is 19.1. The Morgan fingerprint density at radius 1 is 1.06 bits per heavy atom. The minimum absolute atomic E-state index is 0.176. The number of nitrogens with zero attached hydrogens (tertiary/aromatic N) is 3. The van der Waals surface area contributed by atoms with Gasteiger partial charge in [0.25, 0.3) is 0 Å². The Morgan fingerprint density at radius 2 is 1.85 bits per heavy atom. The zero-order valence-corrected chi connectivity index (χ0v) is 18.9. The maximum absolute atomic E-state index is 14.0. The number of hydrogen-bond acceptors (Lipinski definition) is 4. The summed E-state index contributed by atoms with van der Waals surface area (Å²) < 4.78 is 19.9. The van der Waals surface area contributed by atoms with E-state index < -0.39 is 0 Å². The van der Waals surface area contributed by atoms with E-state index in [9.17, 15) is 4.39 Å². The van der Waals surface area contributed by atoms with E-state index in [1.165, 1.54) is 11.6 Å². The molecule has 0 bridgehead atoms. The van der Waals surface area contributed by atoms with Gasteiger partial charge in [-0.25, -0.2) is 9.37 Å². The van der Waals surface area contributed by atoms with Crippen LogP contribution in [0.4, 0.5) is 10.2 Å². The molecule has 172 valence electrons. The predicted molar refractivity (Wildman–Crippen MR) is 130 cm³/mol. The van der Waals surface area contributed by atoms with Gasteiger partial charge >= 0.3 is 0 Å². The normalized spacial score (nSPS) is 16.1. The van der Waals surface area contributed by atoms with Crippen LogP contribution in [0.2, 0.25) is 0 Å². The van der Waals surface area contributed by atoms with Gasteiger partial charge in [-0.15, -0.1) is 0 Å². The van der Waals surface area contributed by atoms with E-state index >= 15 is 0 Å². The average molecular weight is 448 g/mol. The van der Waals surface area contributed by atoms with Crippen molar-refractivity contribution in [3.8, 4) is 0 Å². The summed E-state index contributed by atoms with van der Waals surface area (Å²) in [5.74, 6) is 0.860. The molecule has 2 heterocycles. The van der Waals surface area contributed by atoms with E-state index in [0.717, 1.165) is 30.1 Å². The number of aliphatic imine (C=N–C) groups is 1. The summed E-state index contributed by atoms with van der Waals surface area (Å²) in [6.45, 7) is 3.26. The van der Waals surface area contributed by atoms with E-state index in [4.69, 9.17) is 4.74 Å². The molecule has 1 aromatic heterocycles. The third-order valence-corrected chi connectivity index (χ3v) is 5.62. The van der Waals surface area contributed by atoms with Crippen LogP contribution in [-0.2, 0) is 24.5 Å². The second kappa shape index (κ2) is 11.4. The van der Waals surface area contributed by atoms with Crippen LogP contribution >= 0.6 is 0 Å². The van der Waals surface area contributed by atoms with E-state index in [1.54, 1.807) is 19.3 Å². The van der Waals surface area contributed by atoms with Crippen molar-refractivity contribution in [1.82, 2.24) is 15.6 Å². The van der Waals surface area contributed by atoms with E-state index in [1.807, 2.05) is 29.2 Å². The Labute approximate surface area is 194 Å². The molecule has 4 rings (SSSR count). The first kappa shape index (κ1) is 22.7. The van der Waals surface area contributed by atoms with Crippen molar-refractivity contribution in [2.24, 2.45) is 4.99 Å². The van der Waals surface area contributed by atoms with Gasteiger partial charge in [0.2, 0.25) is 0 Å². The van der Waals surface area contributed by atoms with Crippen molar-refractivity contribution in [2.75, 3.05) is 25.0 Å². The van der Waals surface area contributed by atoms with Gasteiger partial charge in [-0.3, -0.25) is 4.99 Å². The van der Waals surface area contributed by atoms with Crippen LogP contribution in [0, 0.1) is 5.82 Å². The molecule has 6 nitrogen and oxygen atoms in total. The van der Waals surface area contributed by atoms with Crippen LogP contribution < -0.4 is 15.5 Å². The Morgan fingerprint density at radius 3 is 2.67 bits per heavy atom. The van der Waals surface area contributed by atoms with Gasteiger partial charge in [0.05, 0.1) is 13.2 Å². The molecular formula is C26H30FN5O. The Hall–Kier alpha value is -3.45. The molecule has 1 unspecified atom stereocenters. The number of benzene rings is 2. The molecular weight excluding hydrogens is 417 g/mol. The van der Waals surface area contributed by atoms with Gasteiger partial charge in [-0.2, -0.15) is 0 Å². The molecule has 0 radical (unpaired) electrons. The zero-order chi connectivity index (χ0) is 22.9. The fraction of sp³-hybridized carbons (Fsp3) is 0.308. The predicted octanol–water partition coefficient (Wildman–Crippen LogP) is 3.88. The zero-order valence-electron chi connectivity index (χ0n) is 18.9. The van der Waals surface area contributed by atoms with Crippen molar-refractivity contribution in [1.29, 1.82) is 0 Å². The molecule has 1 fully saturated rings. The van der Waals surface area contributed by atoms with Gasteiger partial charge < -0.3 is 20.3 Å². The van der Waals surface area contributed by atoms with Crippen molar-refractivity contribution >= 4 is 11.8 Å². The van der Waals surface area contributed by atoms with Crippen LogP contribution in [-0.4, -0.2) is 37.1 Å². The molecule has 33 heavy (non-hydrogen) atoms. The maximum Gasteiger partial charge on any atom is 0.191 e. The quantitative estimate of drug-likeness (QED) is 0.405. The minimum Gasteiger partial charge on any atom is -0.372 e. The molecule has 0 spiro atoms. The molecule has 3 aromatic rings. The number of guanidine groups is 1. The maximum atomic E-state index is 14.0. The molecule has 0 aliphatic carbocycles. The molecule has 1 saturated heterocycles. The summed E-state index contributed by atoms with van der Waals surface area (Å²) in [5, 5.41) is 6.82. The average Bonchev–Trinajstić information content (AvgIpc) is 3.31. The highest BCUT2D eigenvalue weighted by Gasteiger charge is 2.25. The van der Waals surface area contributed by atoms with Crippen LogP contribution in [0.5, 0.6) is 0 Å². The van der Waals surface area contributed by atoms with E-state index in [0.29, 0.717) is 32.1 Å². The highest BCUT2D eigenvalue weighted by Crippen LogP contribution is 2.20. The van der Waals surface area contributed by atoms with Gasteiger partial charge in [0.15, 0.2) is 17.6 Å². The SMILES string of the molecule is CN=C(NCc1cccc(COCc2ccccc2)c1)NC1CCN(c2ncccc2F)C1. The minimum atomic E-state index is -0.284. The molecule has 1 aliphatic heterocycles. The van der Waals surface area contributed by atoms with Gasteiger partial charge in [0, 0.05) is 38.9 Å². The fourth-order valence-electron chi connectivity index (χ4n) is 3.94. The standard InChI is InChI=1S/C26H30FN5O/c1-28-26(31-23-12-14-32(17-23)25-24(27)11-6-13-29-25)30-16-21-9-5-10-22(15-21)19-33-18-20-7-3-2-4-8-20/h2-11,13,15,23H,12,14,16-19H2,1H3,(H2,28,30,31). The largest absolute Gasteiger partial charge is 0.372 e. The first-order valence-electron chi connectivity index (χ1n) is 11.2. The Kier molecular flexibility index (Phi) is 7.87. The number of aromatic nitrogens is 1. The van der Waals surface area contributed by atoms with Gasteiger partial charge in [0.1, 0.15) is 0 Å². The van der Waals surface area contributed by atoms with Crippen LogP contribution in [0.15, 0.2) is 77.9 Å². The summed E-state index contributed by atoms with van der Waals surface area (Å²) in [7, 11) is 1.76. The lowest BCUT2D eigenvalue weighted by Crippen LogP contribution is -2.44. The second-order valence-electron chi connectivity index (χ2n) is 8.11. The first-order valence-corrected chi connectivity index (χ1v) is 11.2. The monoisotopic (exact) mass is 447 g/mol. The highest BCUT2D eigenvalue weighted by molar-refractivity contribution is 5.80. The van der Waals surface area contributed by atoms with Crippen molar-refractivity contribution < 1.29 is 9.13 Å². The fourth-order valence-corrected chi connectivity index (χ4v) is 3.94. The van der Waals surface area contributed by atoms with Gasteiger partial charge in [-0.1, -0.05) is 54.6 Å².